The second-order valence-corrected chi connectivity index (χ2v) is 4.66. The van der Waals surface area contributed by atoms with Crippen LogP contribution in [0.5, 0.6) is 5.75 Å². The van der Waals surface area contributed by atoms with Gasteiger partial charge < -0.3 is 9.84 Å². The van der Waals surface area contributed by atoms with Gasteiger partial charge in [-0.25, -0.2) is 4.79 Å². The number of ether oxygens (including phenoxy) is 1. The summed E-state index contributed by atoms with van der Waals surface area (Å²) in [7, 11) is 0. The van der Waals surface area contributed by atoms with Gasteiger partial charge in [-0.05, 0) is 48.7 Å². The van der Waals surface area contributed by atoms with Gasteiger partial charge in [-0.1, -0.05) is 11.6 Å². The highest BCUT2D eigenvalue weighted by atomic mass is 35.5. The molecule has 0 aliphatic carbocycles. The zero-order valence-electron chi connectivity index (χ0n) is 10.8. The molecule has 0 unspecified atom stereocenters. The van der Waals surface area contributed by atoms with Crippen molar-refractivity contribution >= 4 is 17.6 Å². The fraction of sp³-hybridized carbons (Fsp3) is 0.200. The number of aromatic nitrogens is 1. The topological polar surface area (TPSA) is 59.4 Å². The average Bonchev–Trinajstić information content (AvgIpc) is 2.44. The molecule has 0 aliphatic heterocycles. The highest BCUT2D eigenvalue weighted by Crippen LogP contribution is 2.22. The average molecular weight is 292 g/mol. The molecule has 20 heavy (non-hydrogen) atoms. The number of aromatic carboxylic acids is 1. The van der Waals surface area contributed by atoms with E-state index in [1.54, 1.807) is 18.5 Å². The van der Waals surface area contributed by atoms with Gasteiger partial charge in [-0.3, -0.25) is 4.98 Å². The first-order chi connectivity index (χ1) is 9.66. The molecule has 1 aromatic carbocycles. The third-order valence-corrected chi connectivity index (χ3v) is 3.11. The van der Waals surface area contributed by atoms with E-state index in [1.165, 1.54) is 17.7 Å². The molecule has 5 heteroatoms. The predicted octanol–water partition coefficient (Wildman–Crippen LogP) is 3.44. The first-order valence-electron chi connectivity index (χ1n) is 6.21. The largest absolute Gasteiger partial charge is 0.494 e. The fourth-order valence-electron chi connectivity index (χ4n) is 1.77. The molecule has 0 bridgehead atoms. The second kappa shape index (κ2) is 6.91. The van der Waals surface area contributed by atoms with Crippen LogP contribution in [0.15, 0.2) is 42.7 Å². The van der Waals surface area contributed by atoms with Gasteiger partial charge in [-0.2, -0.15) is 0 Å². The molecule has 0 saturated carbocycles. The molecule has 0 aliphatic rings. The van der Waals surface area contributed by atoms with Crippen molar-refractivity contribution < 1.29 is 14.6 Å². The fourth-order valence-corrected chi connectivity index (χ4v) is 2.03. The van der Waals surface area contributed by atoms with Crippen molar-refractivity contribution in [2.45, 2.75) is 12.8 Å². The second-order valence-electron chi connectivity index (χ2n) is 4.25. The Morgan fingerprint density at radius 3 is 2.65 bits per heavy atom. The minimum absolute atomic E-state index is 0.0794. The van der Waals surface area contributed by atoms with Gasteiger partial charge >= 0.3 is 5.97 Å². The van der Waals surface area contributed by atoms with Crippen LogP contribution in [-0.4, -0.2) is 22.7 Å². The highest BCUT2D eigenvalue weighted by molar-refractivity contribution is 6.33. The van der Waals surface area contributed by atoms with Crippen molar-refractivity contribution in [3.8, 4) is 5.75 Å². The Hall–Kier alpha value is -2.07. The van der Waals surface area contributed by atoms with Crippen LogP contribution in [0.4, 0.5) is 0 Å². The molecule has 104 valence electrons. The van der Waals surface area contributed by atoms with Gasteiger partial charge in [0.05, 0.1) is 17.2 Å². The van der Waals surface area contributed by atoms with Crippen LogP contribution >= 0.6 is 11.6 Å². The van der Waals surface area contributed by atoms with Crippen LogP contribution in [0.1, 0.15) is 22.3 Å². The standard InChI is InChI=1S/C15H14ClNO3/c16-14-10-12(3-4-13(14)15(18)19)20-9-1-2-11-5-7-17-8-6-11/h3-8,10H,1-2,9H2,(H,18,19). The van der Waals surface area contributed by atoms with Crippen molar-refractivity contribution in [3.05, 3.63) is 58.9 Å². The van der Waals surface area contributed by atoms with Gasteiger partial charge in [-0.15, -0.1) is 0 Å². The van der Waals surface area contributed by atoms with Crippen LogP contribution in [0.3, 0.4) is 0 Å². The Bertz CT molecular complexity index is 587. The van der Waals surface area contributed by atoms with Crippen molar-refractivity contribution in [2.24, 2.45) is 0 Å². The van der Waals surface area contributed by atoms with Crippen LogP contribution in [0, 0.1) is 0 Å². The molecule has 1 aromatic heterocycles. The monoisotopic (exact) mass is 291 g/mol. The number of pyridine rings is 1. The number of hydrogen-bond acceptors (Lipinski definition) is 3. The highest BCUT2D eigenvalue weighted by Gasteiger charge is 2.09. The zero-order chi connectivity index (χ0) is 14.4. The van der Waals surface area contributed by atoms with E-state index >= 15 is 0 Å². The SMILES string of the molecule is O=C(O)c1ccc(OCCCc2ccncc2)cc1Cl. The predicted molar refractivity (Wildman–Crippen MR) is 76.5 cm³/mol. The summed E-state index contributed by atoms with van der Waals surface area (Å²) in [6.45, 7) is 0.547. The van der Waals surface area contributed by atoms with E-state index in [2.05, 4.69) is 4.98 Å². The summed E-state index contributed by atoms with van der Waals surface area (Å²) in [5.74, 6) is -0.464. The van der Waals surface area contributed by atoms with Crippen LogP contribution < -0.4 is 4.74 Å². The molecule has 0 amide bonds. The molecule has 1 heterocycles. The Morgan fingerprint density at radius 1 is 1.25 bits per heavy atom. The number of rotatable bonds is 6. The number of nitrogens with zero attached hydrogens (tertiary/aromatic N) is 1. The molecule has 0 radical (unpaired) electrons. The summed E-state index contributed by atoms with van der Waals surface area (Å²) in [6.07, 6.45) is 5.30. The van der Waals surface area contributed by atoms with E-state index in [1.807, 2.05) is 12.1 Å². The van der Waals surface area contributed by atoms with Gasteiger partial charge in [0, 0.05) is 12.4 Å². The maximum Gasteiger partial charge on any atom is 0.337 e. The number of carbonyl (C=O) groups is 1. The summed E-state index contributed by atoms with van der Waals surface area (Å²) in [6, 6.07) is 8.53. The van der Waals surface area contributed by atoms with Crippen molar-refractivity contribution in [2.75, 3.05) is 6.61 Å². The Balaban J connectivity index is 1.83. The van der Waals surface area contributed by atoms with E-state index in [4.69, 9.17) is 21.4 Å². The molecule has 0 fully saturated rings. The molecule has 2 rings (SSSR count). The van der Waals surface area contributed by atoms with E-state index in [0.29, 0.717) is 12.4 Å². The zero-order valence-corrected chi connectivity index (χ0v) is 11.5. The molecule has 4 nitrogen and oxygen atoms in total. The lowest BCUT2D eigenvalue weighted by molar-refractivity contribution is 0.0697. The summed E-state index contributed by atoms with van der Waals surface area (Å²) in [5, 5.41) is 9.05. The molecular weight excluding hydrogens is 278 g/mol. The third kappa shape index (κ3) is 3.96. The van der Waals surface area contributed by atoms with Crippen molar-refractivity contribution in [1.29, 1.82) is 0 Å². The first kappa shape index (κ1) is 14.3. The van der Waals surface area contributed by atoms with Gasteiger partial charge in [0.25, 0.3) is 0 Å². The lowest BCUT2D eigenvalue weighted by atomic mass is 10.1. The molecular formula is C15H14ClNO3. The number of carboxylic acid groups (broad SMARTS) is 1. The molecule has 2 aromatic rings. The maximum atomic E-state index is 10.8. The van der Waals surface area contributed by atoms with Crippen LogP contribution in [0.25, 0.3) is 0 Å². The lowest BCUT2D eigenvalue weighted by Gasteiger charge is -2.07. The minimum Gasteiger partial charge on any atom is -0.494 e. The van der Waals surface area contributed by atoms with Crippen LogP contribution in [-0.2, 0) is 6.42 Å². The van der Waals surface area contributed by atoms with E-state index < -0.39 is 5.97 Å². The first-order valence-corrected chi connectivity index (χ1v) is 6.59. The van der Waals surface area contributed by atoms with E-state index in [0.717, 1.165) is 12.8 Å². The number of carboxylic acids is 1. The Kier molecular flexibility index (Phi) is 4.96. The summed E-state index contributed by atoms with van der Waals surface area (Å²) in [4.78, 5) is 14.8. The lowest BCUT2D eigenvalue weighted by Crippen LogP contribution is -2.01. The maximum absolute atomic E-state index is 10.8. The van der Waals surface area contributed by atoms with Crippen molar-refractivity contribution in [3.63, 3.8) is 0 Å². The minimum atomic E-state index is -1.04. The number of benzene rings is 1. The van der Waals surface area contributed by atoms with Crippen molar-refractivity contribution in [1.82, 2.24) is 4.98 Å². The normalized spacial score (nSPS) is 10.2. The smallest absolute Gasteiger partial charge is 0.337 e. The number of aryl methyl sites for hydroxylation is 1. The third-order valence-electron chi connectivity index (χ3n) is 2.80. The summed E-state index contributed by atoms with van der Waals surface area (Å²) < 4.78 is 5.55. The summed E-state index contributed by atoms with van der Waals surface area (Å²) >= 11 is 5.87. The quantitative estimate of drug-likeness (QED) is 0.828. The van der Waals surface area contributed by atoms with Gasteiger partial charge in [0.1, 0.15) is 5.75 Å². The van der Waals surface area contributed by atoms with Gasteiger partial charge in [0.2, 0.25) is 0 Å². The molecule has 0 spiro atoms. The number of hydrogen-bond donors (Lipinski definition) is 1. The number of halogens is 1. The van der Waals surface area contributed by atoms with E-state index in [9.17, 15) is 4.79 Å². The Labute approximate surface area is 122 Å². The van der Waals surface area contributed by atoms with Crippen LogP contribution in [0.2, 0.25) is 5.02 Å². The Morgan fingerprint density at radius 2 is 2.00 bits per heavy atom. The molecule has 1 N–H and O–H groups in total. The molecule has 0 atom stereocenters. The van der Waals surface area contributed by atoms with E-state index in [-0.39, 0.29) is 10.6 Å². The molecule has 0 saturated heterocycles. The van der Waals surface area contributed by atoms with Gasteiger partial charge in [0.15, 0.2) is 0 Å². The summed E-state index contributed by atoms with van der Waals surface area (Å²) in [5.41, 5.74) is 1.29.